The number of hydrazine groups is 1. The summed E-state index contributed by atoms with van der Waals surface area (Å²) in [6.45, 7) is 1.12. The number of nitrogens with zero attached hydrogens (tertiary/aromatic N) is 4. The first kappa shape index (κ1) is 23.8. The highest BCUT2D eigenvalue weighted by Gasteiger charge is 2.34. The van der Waals surface area contributed by atoms with Gasteiger partial charge < -0.3 is 14.4 Å². The van der Waals surface area contributed by atoms with Crippen molar-refractivity contribution in [1.29, 1.82) is 0 Å². The van der Waals surface area contributed by atoms with E-state index in [1.54, 1.807) is 6.07 Å². The largest absolute Gasteiger partial charge is 0.490 e. The third kappa shape index (κ3) is 5.09. The lowest BCUT2D eigenvalue weighted by atomic mass is 10.2. The molecule has 0 radical (unpaired) electrons. The molecule has 2 N–H and O–H groups in total. The number of halogens is 2. The van der Waals surface area contributed by atoms with Crippen LogP contribution >= 0.6 is 12.2 Å². The average Bonchev–Trinajstić information content (AvgIpc) is 3.41. The summed E-state index contributed by atoms with van der Waals surface area (Å²) < 4.78 is 40.4. The molecule has 2 aliphatic rings. The summed E-state index contributed by atoms with van der Waals surface area (Å²) in [5.74, 6) is -1.93. The molecule has 0 aliphatic carbocycles. The van der Waals surface area contributed by atoms with E-state index in [4.69, 9.17) is 21.7 Å². The van der Waals surface area contributed by atoms with Crippen molar-refractivity contribution in [3.63, 3.8) is 0 Å². The highest BCUT2D eigenvalue weighted by atomic mass is 32.1. The number of methoxy groups -OCH3 is 1. The Morgan fingerprint density at radius 1 is 1.29 bits per heavy atom. The maximum Gasteiger partial charge on any atom is 0.414 e. The van der Waals surface area contributed by atoms with E-state index in [2.05, 4.69) is 15.6 Å². The van der Waals surface area contributed by atoms with Gasteiger partial charge >= 0.3 is 6.09 Å². The number of thiocarbonyl (C=S) groups is 1. The number of H-pyrrole nitrogens is 1. The SMILES string of the molecule is COC(=S)CC[C@H]1CN(c2cc(F)c(N3CCNN(C(=O)c4ccn[nH]4)CC3)c(F)c2)C(=O)O1. The van der Waals surface area contributed by atoms with Crippen LogP contribution in [0.4, 0.5) is 25.0 Å². The van der Waals surface area contributed by atoms with E-state index in [-0.39, 0.29) is 43.5 Å². The lowest BCUT2D eigenvalue weighted by Gasteiger charge is -2.25. The second kappa shape index (κ2) is 10.3. The van der Waals surface area contributed by atoms with Crippen LogP contribution in [-0.2, 0) is 9.47 Å². The van der Waals surface area contributed by atoms with Crippen LogP contribution in [0.1, 0.15) is 23.3 Å². The Kier molecular flexibility index (Phi) is 7.22. The fourth-order valence-electron chi connectivity index (χ4n) is 3.92. The van der Waals surface area contributed by atoms with Gasteiger partial charge in [-0.2, -0.15) is 5.10 Å². The van der Waals surface area contributed by atoms with Crippen molar-refractivity contribution in [3.05, 3.63) is 41.7 Å². The molecule has 1 aromatic carbocycles. The van der Waals surface area contributed by atoms with Crippen LogP contribution in [0.2, 0.25) is 0 Å². The second-order valence-corrected chi connectivity index (χ2v) is 8.27. The zero-order chi connectivity index (χ0) is 24.2. The van der Waals surface area contributed by atoms with Crippen molar-refractivity contribution in [3.8, 4) is 0 Å². The lowest BCUT2D eigenvalue weighted by molar-refractivity contribution is 0.0675. The van der Waals surface area contributed by atoms with Crippen molar-refractivity contribution < 1.29 is 27.8 Å². The first-order valence-electron chi connectivity index (χ1n) is 10.7. The Morgan fingerprint density at radius 2 is 2.06 bits per heavy atom. The third-order valence-electron chi connectivity index (χ3n) is 5.66. The minimum absolute atomic E-state index is 0.0737. The molecule has 4 rings (SSSR count). The van der Waals surface area contributed by atoms with Gasteiger partial charge in [-0.25, -0.2) is 19.0 Å². The van der Waals surface area contributed by atoms with E-state index < -0.39 is 23.8 Å². The van der Waals surface area contributed by atoms with Crippen LogP contribution in [0.15, 0.2) is 24.4 Å². The Morgan fingerprint density at radius 3 is 2.74 bits per heavy atom. The Hall–Kier alpha value is -3.32. The van der Waals surface area contributed by atoms with E-state index in [0.29, 0.717) is 30.1 Å². The number of hydrogen-bond acceptors (Lipinski definition) is 8. The molecule has 2 amide bonds. The van der Waals surface area contributed by atoms with Gasteiger partial charge in [-0.05, 0) is 24.7 Å². The molecular weight excluding hydrogens is 470 g/mol. The topological polar surface area (TPSA) is 103 Å². The van der Waals surface area contributed by atoms with Crippen molar-refractivity contribution in [2.45, 2.75) is 18.9 Å². The summed E-state index contributed by atoms with van der Waals surface area (Å²) in [5, 5.41) is 8.14. The Balaban J connectivity index is 1.44. The number of carbonyl (C=O) groups excluding carboxylic acids is 2. The Labute approximate surface area is 199 Å². The molecule has 2 saturated heterocycles. The van der Waals surface area contributed by atoms with Crippen LogP contribution in [-0.4, -0.2) is 78.2 Å². The normalized spacial score (nSPS) is 18.6. The number of amides is 2. The van der Waals surface area contributed by atoms with Crippen molar-refractivity contribution >= 4 is 40.6 Å². The number of nitrogens with one attached hydrogen (secondary N) is 2. The van der Waals surface area contributed by atoms with Gasteiger partial charge in [-0.1, -0.05) is 0 Å². The molecule has 2 aromatic rings. The molecule has 0 bridgehead atoms. The molecule has 2 fully saturated rings. The van der Waals surface area contributed by atoms with Gasteiger partial charge in [0.15, 0.2) is 16.7 Å². The highest BCUT2D eigenvalue weighted by molar-refractivity contribution is 7.80. The molecule has 0 spiro atoms. The molecule has 1 aromatic heterocycles. The zero-order valence-corrected chi connectivity index (χ0v) is 19.2. The van der Waals surface area contributed by atoms with E-state index in [1.165, 1.54) is 28.1 Å². The van der Waals surface area contributed by atoms with Gasteiger partial charge in [0.05, 0.1) is 25.9 Å². The van der Waals surface area contributed by atoms with E-state index in [0.717, 1.165) is 12.1 Å². The number of carbonyl (C=O) groups is 2. The van der Waals surface area contributed by atoms with E-state index in [9.17, 15) is 9.59 Å². The smallest absolute Gasteiger partial charge is 0.414 e. The zero-order valence-electron chi connectivity index (χ0n) is 18.4. The molecule has 2 aliphatic heterocycles. The van der Waals surface area contributed by atoms with Gasteiger partial charge in [-0.3, -0.25) is 19.8 Å². The number of anilines is 2. The minimum Gasteiger partial charge on any atom is -0.490 e. The standard InChI is InChI=1S/C21H24F2N6O4S/c1-32-18(34)3-2-14-12-28(21(31)33-14)13-10-15(22)19(16(23)11-13)27-7-6-25-29(9-8-27)20(30)17-4-5-24-26-17/h4-5,10-11,14,25H,2-3,6-9,12H2,1H3,(H,24,26)/t14-/m0/s1. The Bertz CT molecular complexity index is 1050. The van der Waals surface area contributed by atoms with Crippen LogP contribution < -0.4 is 15.2 Å². The number of aromatic amines is 1. The molecular formula is C21H24F2N6O4S. The van der Waals surface area contributed by atoms with Gasteiger partial charge in [0.1, 0.15) is 17.5 Å². The van der Waals surface area contributed by atoms with Gasteiger partial charge in [0.25, 0.3) is 5.91 Å². The van der Waals surface area contributed by atoms with E-state index >= 15 is 8.78 Å². The number of ether oxygens (including phenoxy) is 2. The molecule has 182 valence electrons. The van der Waals surface area contributed by atoms with Crippen molar-refractivity contribution in [2.75, 3.05) is 49.6 Å². The van der Waals surface area contributed by atoms with Gasteiger partial charge in [0, 0.05) is 44.4 Å². The van der Waals surface area contributed by atoms with E-state index in [1.807, 2.05) is 0 Å². The monoisotopic (exact) mass is 494 g/mol. The summed E-state index contributed by atoms with van der Waals surface area (Å²) >= 11 is 4.99. The molecule has 1 atom stereocenters. The number of rotatable bonds is 6. The summed E-state index contributed by atoms with van der Waals surface area (Å²) in [7, 11) is 1.47. The molecule has 0 saturated carbocycles. The van der Waals surface area contributed by atoms with Gasteiger partial charge in [0.2, 0.25) is 0 Å². The molecule has 10 nitrogen and oxygen atoms in total. The maximum absolute atomic E-state index is 15.1. The highest BCUT2D eigenvalue weighted by Crippen LogP contribution is 2.31. The summed E-state index contributed by atoms with van der Waals surface area (Å²) in [6.07, 6.45) is 1.22. The number of benzene rings is 1. The molecule has 34 heavy (non-hydrogen) atoms. The summed E-state index contributed by atoms with van der Waals surface area (Å²) in [6, 6.07) is 3.78. The van der Waals surface area contributed by atoms with Crippen molar-refractivity contribution in [1.82, 2.24) is 20.6 Å². The molecule has 13 heteroatoms. The van der Waals surface area contributed by atoms with Crippen LogP contribution in [0.3, 0.4) is 0 Å². The minimum atomic E-state index is -0.805. The lowest BCUT2D eigenvalue weighted by Crippen LogP contribution is -2.43. The first-order chi connectivity index (χ1) is 16.4. The van der Waals surface area contributed by atoms with Gasteiger partial charge in [-0.15, -0.1) is 0 Å². The quantitative estimate of drug-likeness (QED) is 0.590. The fourth-order valence-corrected chi connectivity index (χ4v) is 4.04. The fraction of sp³-hybridized carbons (Fsp3) is 0.429. The number of hydrogen-bond donors (Lipinski definition) is 2. The molecule has 3 heterocycles. The van der Waals surface area contributed by atoms with Crippen LogP contribution in [0.25, 0.3) is 0 Å². The number of aromatic nitrogens is 2. The number of cyclic esters (lactones) is 1. The average molecular weight is 495 g/mol. The van der Waals surface area contributed by atoms with Crippen LogP contribution in [0.5, 0.6) is 0 Å². The second-order valence-electron chi connectivity index (χ2n) is 7.81. The summed E-state index contributed by atoms with van der Waals surface area (Å²) in [5.41, 5.74) is 3.13. The van der Waals surface area contributed by atoms with Crippen molar-refractivity contribution in [2.24, 2.45) is 0 Å². The predicted molar refractivity (Wildman–Crippen MR) is 123 cm³/mol. The third-order valence-corrected chi connectivity index (χ3v) is 6.03. The summed E-state index contributed by atoms with van der Waals surface area (Å²) in [4.78, 5) is 27.5. The molecule has 0 unspecified atom stereocenters. The first-order valence-corrected chi connectivity index (χ1v) is 11.1. The van der Waals surface area contributed by atoms with Crippen LogP contribution in [0, 0.1) is 11.6 Å². The maximum atomic E-state index is 15.1. The predicted octanol–water partition coefficient (Wildman–Crippen LogP) is 2.23.